The van der Waals surface area contributed by atoms with E-state index in [4.69, 9.17) is 10.5 Å². The van der Waals surface area contributed by atoms with Crippen molar-refractivity contribution in [1.82, 2.24) is 19.4 Å². The van der Waals surface area contributed by atoms with Crippen molar-refractivity contribution in [2.45, 2.75) is 45.3 Å². The lowest BCUT2D eigenvalue weighted by molar-refractivity contribution is 0.0860. The number of nitrogens with one attached hydrogen (secondary N) is 1. The zero-order valence-corrected chi connectivity index (χ0v) is 22.5. The maximum Gasteiger partial charge on any atom is 0.405 e. The largest absolute Gasteiger partial charge is 0.441 e. The standard InChI is InChI=1S/C27H34FN5O4.ClH/c1-18(2)32-22-5-3-4-6-23(22)33(27(32)36)26(35)30-17-19-11-14-31(15-12-19)16-13-24(37-25(29)34)20-7-9-21(28)10-8-20;/h3-10,18-19,24H,11-17H2,1-2H3,(H2,29,34)(H,30,35);1H. The van der Waals surface area contributed by atoms with Crippen LogP contribution in [0.2, 0.25) is 0 Å². The molecule has 1 fully saturated rings. The number of imidazole rings is 1. The molecule has 11 heteroatoms. The molecular weight excluding hydrogens is 513 g/mol. The van der Waals surface area contributed by atoms with Gasteiger partial charge in [0.05, 0.1) is 11.0 Å². The number of halogens is 2. The number of nitrogens with zero attached hydrogens (tertiary/aromatic N) is 3. The third kappa shape index (κ3) is 6.73. The van der Waals surface area contributed by atoms with E-state index in [0.717, 1.165) is 31.4 Å². The van der Waals surface area contributed by atoms with Crippen molar-refractivity contribution >= 4 is 35.6 Å². The molecule has 206 valence electrons. The number of amides is 2. The second-order valence-electron chi connectivity index (χ2n) is 9.81. The van der Waals surface area contributed by atoms with E-state index in [-0.39, 0.29) is 30.0 Å². The fourth-order valence-electron chi connectivity index (χ4n) is 5.00. The zero-order valence-electron chi connectivity index (χ0n) is 21.6. The molecule has 0 saturated carbocycles. The molecule has 38 heavy (non-hydrogen) atoms. The molecule has 1 aliphatic rings. The number of hydrogen-bond acceptors (Lipinski definition) is 5. The van der Waals surface area contributed by atoms with Crippen molar-refractivity contribution in [1.29, 1.82) is 0 Å². The third-order valence-electron chi connectivity index (χ3n) is 6.96. The smallest absolute Gasteiger partial charge is 0.405 e. The molecular formula is C27H35ClFN5O4. The Morgan fingerprint density at radius 2 is 1.71 bits per heavy atom. The highest BCUT2D eigenvalue weighted by Gasteiger charge is 2.24. The number of carbonyl (C=O) groups excluding carboxylic acids is 2. The first-order chi connectivity index (χ1) is 17.7. The predicted molar refractivity (Wildman–Crippen MR) is 146 cm³/mol. The average Bonchev–Trinajstić information content (AvgIpc) is 3.18. The summed E-state index contributed by atoms with van der Waals surface area (Å²) in [5, 5.41) is 2.96. The summed E-state index contributed by atoms with van der Waals surface area (Å²) in [6.45, 7) is 6.69. The van der Waals surface area contributed by atoms with Crippen LogP contribution in [0.4, 0.5) is 14.0 Å². The molecule has 0 spiro atoms. The fourth-order valence-corrected chi connectivity index (χ4v) is 5.00. The van der Waals surface area contributed by atoms with Crippen LogP contribution in [0.5, 0.6) is 0 Å². The molecule has 0 aliphatic carbocycles. The summed E-state index contributed by atoms with van der Waals surface area (Å²) in [6.07, 6.45) is 0.918. The Morgan fingerprint density at radius 1 is 1.08 bits per heavy atom. The van der Waals surface area contributed by atoms with Crippen LogP contribution >= 0.6 is 12.4 Å². The van der Waals surface area contributed by atoms with Crippen molar-refractivity contribution in [3.8, 4) is 0 Å². The number of fused-ring (bicyclic) bond motifs is 1. The van der Waals surface area contributed by atoms with Gasteiger partial charge >= 0.3 is 17.8 Å². The molecule has 2 amide bonds. The van der Waals surface area contributed by atoms with Gasteiger partial charge in [-0.3, -0.25) is 4.57 Å². The van der Waals surface area contributed by atoms with Crippen LogP contribution in [0.15, 0.2) is 53.3 Å². The molecule has 1 aliphatic heterocycles. The van der Waals surface area contributed by atoms with Crippen LogP contribution in [-0.4, -0.2) is 52.3 Å². The Labute approximate surface area is 227 Å². The topological polar surface area (TPSA) is 112 Å². The van der Waals surface area contributed by atoms with Gasteiger partial charge in [0.2, 0.25) is 0 Å². The lowest BCUT2D eigenvalue weighted by atomic mass is 9.96. The molecule has 1 saturated heterocycles. The van der Waals surface area contributed by atoms with Gasteiger partial charge < -0.3 is 20.7 Å². The molecule has 1 aromatic heterocycles. The summed E-state index contributed by atoms with van der Waals surface area (Å²) in [5.41, 5.74) is 6.94. The number of piperidine rings is 1. The molecule has 0 radical (unpaired) electrons. The minimum Gasteiger partial charge on any atom is -0.441 e. The Bertz CT molecular complexity index is 1300. The number of rotatable bonds is 8. The Kier molecular flexibility index (Phi) is 9.93. The van der Waals surface area contributed by atoms with Gasteiger partial charge in [0.15, 0.2) is 0 Å². The maximum absolute atomic E-state index is 13.3. The minimum atomic E-state index is -0.862. The van der Waals surface area contributed by atoms with Gasteiger partial charge in [-0.25, -0.2) is 23.3 Å². The Morgan fingerprint density at radius 3 is 2.32 bits per heavy atom. The van der Waals surface area contributed by atoms with E-state index >= 15 is 0 Å². The molecule has 2 heterocycles. The Balaban J connectivity index is 0.00000400. The number of primary amides is 1. The lowest BCUT2D eigenvalue weighted by Crippen LogP contribution is -2.42. The molecule has 3 N–H and O–H groups in total. The number of benzene rings is 2. The normalized spacial score (nSPS) is 15.3. The number of likely N-dealkylation sites (tertiary alicyclic amines) is 1. The van der Waals surface area contributed by atoms with Crippen molar-refractivity contribution in [2.75, 3.05) is 26.2 Å². The van der Waals surface area contributed by atoms with E-state index in [0.29, 0.717) is 36.5 Å². The summed E-state index contributed by atoms with van der Waals surface area (Å²) in [7, 11) is 0. The number of ether oxygens (including phenoxy) is 1. The summed E-state index contributed by atoms with van der Waals surface area (Å²) in [6, 6.07) is 12.7. The van der Waals surface area contributed by atoms with Crippen molar-refractivity contribution < 1.29 is 18.7 Å². The average molecular weight is 548 g/mol. The number of carbonyl (C=O) groups is 2. The quantitative estimate of drug-likeness (QED) is 0.433. The predicted octanol–water partition coefficient (Wildman–Crippen LogP) is 4.44. The SMILES string of the molecule is CC(C)n1c(=O)n(C(=O)NCC2CCN(CCC(OC(N)=O)c3ccc(F)cc3)CC2)c2ccccc21.Cl. The molecule has 2 aromatic carbocycles. The Hall–Kier alpha value is -3.37. The van der Waals surface area contributed by atoms with E-state index < -0.39 is 18.2 Å². The highest BCUT2D eigenvalue weighted by atomic mass is 35.5. The minimum absolute atomic E-state index is 0. The number of hydrogen-bond donors (Lipinski definition) is 2. The van der Waals surface area contributed by atoms with Crippen LogP contribution < -0.4 is 16.7 Å². The molecule has 1 atom stereocenters. The first-order valence-corrected chi connectivity index (χ1v) is 12.7. The van der Waals surface area contributed by atoms with Crippen molar-refractivity contribution in [2.24, 2.45) is 11.7 Å². The van der Waals surface area contributed by atoms with E-state index in [2.05, 4.69) is 10.2 Å². The van der Waals surface area contributed by atoms with Gasteiger partial charge in [0.1, 0.15) is 11.9 Å². The number of para-hydroxylation sites is 2. The molecule has 9 nitrogen and oxygen atoms in total. The monoisotopic (exact) mass is 547 g/mol. The van der Waals surface area contributed by atoms with E-state index in [1.54, 1.807) is 22.8 Å². The summed E-state index contributed by atoms with van der Waals surface area (Å²) < 4.78 is 21.4. The number of nitrogens with two attached hydrogens (primary N) is 1. The van der Waals surface area contributed by atoms with Crippen LogP contribution in [0.1, 0.15) is 50.8 Å². The second kappa shape index (κ2) is 12.9. The van der Waals surface area contributed by atoms with Crippen molar-refractivity contribution in [3.05, 3.63) is 70.4 Å². The van der Waals surface area contributed by atoms with Crippen molar-refractivity contribution in [3.63, 3.8) is 0 Å². The van der Waals surface area contributed by atoms with Gasteiger partial charge in [-0.15, -0.1) is 12.4 Å². The van der Waals surface area contributed by atoms with Gasteiger partial charge in [-0.05, 0) is 75.5 Å². The molecule has 0 bridgehead atoms. The van der Waals surface area contributed by atoms with Crippen LogP contribution in [-0.2, 0) is 4.74 Å². The van der Waals surface area contributed by atoms with E-state index in [9.17, 15) is 18.8 Å². The summed E-state index contributed by atoms with van der Waals surface area (Å²) in [4.78, 5) is 39.6. The first kappa shape index (κ1) is 29.2. The summed E-state index contributed by atoms with van der Waals surface area (Å²) in [5.74, 6) is -0.0598. The molecule has 4 rings (SSSR count). The fraction of sp³-hybridized carbons (Fsp3) is 0.444. The second-order valence-corrected chi connectivity index (χ2v) is 9.81. The van der Waals surface area contributed by atoms with E-state index in [1.807, 2.05) is 32.0 Å². The summed E-state index contributed by atoms with van der Waals surface area (Å²) >= 11 is 0. The van der Waals surface area contributed by atoms with Crippen LogP contribution in [0, 0.1) is 11.7 Å². The van der Waals surface area contributed by atoms with Gasteiger partial charge in [-0.1, -0.05) is 24.3 Å². The van der Waals surface area contributed by atoms with E-state index in [1.165, 1.54) is 16.7 Å². The first-order valence-electron chi connectivity index (χ1n) is 12.7. The number of aromatic nitrogens is 2. The highest BCUT2D eigenvalue weighted by Crippen LogP contribution is 2.24. The maximum atomic E-state index is 13.3. The highest BCUT2D eigenvalue weighted by molar-refractivity contribution is 5.89. The zero-order chi connectivity index (χ0) is 26.5. The van der Waals surface area contributed by atoms with Gasteiger partial charge in [0, 0.05) is 25.6 Å². The van der Waals surface area contributed by atoms with Gasteiger partial charge in [0.25, 0.3) is 0 Å². The molecule has 1 unspecified atom stereocenters. The van der Waals surface area contributed by atoms with Crippen LogP contribution in [0.25, 0.3) is 11.0 Å². The lowest BCUT2D eigenvalue weighted by Gasteiger charge is -2.32. The molecule has 3 aromatic rings. The third-order valence-corrected chi connectivity index (χ3v) is 6.96. The van der Waals surface area contributed by atoms with Crippen LogP contribution in [0.3, 0.4) is 0 Å². The van der Waals surface area contributed by atoms with Gasteiger partial charge in [-0.2, -0.15) is 0 Å².